The van der Waals surface area contributed by atoms with Gasteiger partial charge in [0, 0.05) is 34.2 Å². The summed E-state index contributed by atoms with van der Waals surface area (Å²) >= 11 is 0. The van der Waals surface area contributed by atoms with Crippen molar-refractivity contribution < 1.29 is 23.8 Å². The summed E-state index contributed by atoms with van der Waals surface area (Å²) in [5.41, 5.74) is 9.91. The molecule has 2 amide bonds. The Kier molecular flexibility index (Phi) is 9.71. The third kappa shape index (κ3) is 8.20. The molecule has 0 saturated heterocycles. The van der Waals surface area contributed by atoms with Gasteiger partial charge in [-0.25, -0.2) is 9.78 Å². The van der Waals surface area contributed by atoms with E-state index in [9.17, 15) is 9.59 Å². The standard InChI is InChI=1S/C30H37N5O5/c1-7-25(31)23-10-11-26(35-27(23)32)24-16-20(9-8-18(24)2)34-28(36)19-14-21(38-6)17-22(15-19)39-13-12-33-29(37)40-30(3,4)5/h8-11,14-17,31H,7,12-13H2,1-6H3,(H2,32,35)(H,33,37)(H,34,36). The molecule has 0 fully saturated rings. The molecule has 10 heteroatoms. The Morgan fingerprint density at radius 2 is 1.77 bits per heavy atom. The fraction of sp³-hybridized carbons (Fsp3) is 0.333. The average Bonchev–Trinajstić information content (AvgIpc) is 2.90. The van der Waals surface area contributed by atoms with Crippen molar-refractivity contribution in [3.63, 3.8) is 0 Å². The lowest BCUT2D eigenvalue weighted by Crippen LogP contribution is -2.34. The van der Waals surface area contributed by atoms with Gasteiger partial charge in [-0.15, -0.1) is 0 Å². The van der Waals surface area contributed by atoms with Crippen molar-refractivity contribution in [1.29, 1.82) is 5.41 Å². The first-order valence-corrected chi connectivity index (χ1v) is 13.0. The molecular formula is C30H37N5O5. The van der Waals surface area contributed by atoms with Crippen LogP contribution in [-0.2, 0) is 4.74 Å². The van der Waals surface area contributed by atoms with Crippen LogP contribution in [-0.4, -0.2) is 48.6 Å². The van der Waals surface area contributed by atoms with Crippen LogP contribution in [0.4, 0.5) is 16.3 Å². The van der Waals surface area contributed by atoms with E-state index in [1.54, 1.807) is 51.1 Å². The summed E-state index contributed by atoms with van der Waals surface area (Å²) in [5.74, 6) is 0.801. The van der Waals surface area contributed by atoms with Gasteiger partial charge in [-0.3, -0.25) is 4.79 Å². The summed E-state index contributed by atoms with van der Waals surface area (Å²) < 4.78 is 16.3. The minimum atomic E-state index is -0.591. The van der Waals surface area contributed by atoms with Crippen molar-refractivity contribution >= 4 is 29.2 Å². The summed E-state index contributed by atoms with van der Waals surface area (Å²) in [5, 5.41) is 13.6. The van der Waals surface area contributed by atoms with Gasteiger partial charge < -0.3 is 36.0 Å². The minimum Gasteiger partial charge on any atom is -0.497 e. The molecule has 0 saturated carbocycles. The molecule has 2 aromatic carbocycles. The summed E-state index contributed by atoms with van der Waals surface area (Å²) in [4.78, 5) is 29.5. The Morgan fingerprint density at radius 1 is 1.05 bits per heavy atom. The highest BCUT2D eigenvalue weighted by molar-refractivity contribution is 6.05. The van der Waals surface area contributed by atoms with E-state index in [1.165, 1.54) is 7.11 Å². The van der Waals surface area contributed by atoms with Crippen molar-refractivity contribution in [2.24, 2.45) is 0 Å². The Labute approximate surface area is 234 Å². The van der Waals surface area contributed by atoms with Gasteiger partial charge >= 0.3 is 6.09 Å². The largest absolute Gasteiger partial charge is 0.497 e. The maximum absolute atomic E-state index is 13.2. The summed E-state index contributed by atoms with van der Waals surface area (Å²) in [7, 11) is 1.50. The fourth-order valence-corrected chi connectivity index (χ4v) is 3.79. The molecule has 0 aliphatic rings. The van der Waals surface area contributed by atoms with Crippen molar-refractivity contribution in [2.75, 3.05) is 31.3 Å². The van der Waals surface area contributed by atoms with Crippen LogP contribution in [0.1, 0.15) is 55.6 Å². The number of nitrogens with zero attached hydrogens (tertiary/aromatic N) is 1. The number of hydrogen-bond acceptors (Lipinski definition) is 8. The first kappa shape index (κ1) is 29.9. The van der Waals surface area contributed by atoms with Crippen LogP contribution in [0.3, 0.4) is 0 Å². The van der Waals surface area contributed by atoms with E-state index in [0.29, 0.717) is 52.0 Å². The second kappa shape index (κ2) is 13.0. The molecule has 0 aliphatic heterocycles. The van der Waals surface area contributed by atoms with Gasteiger partial charge in [0.1, 0.15) is 29.5 Å². The van der Waals surface area contributed by atoms with E-state index in [2.05, 4.69) is 15.6 Å². The summed E-state index contributed by atoms with van der Waals surface area (Å²) in [6, 6.07) is 14.0. The topological polar surface area (TPSA) is 149 Å². The first-order chi connectivity index (χ1) is 18.9. The van der Waals surface area contributed by atoms with Gasteiger partial charge in [-0.1, -0.05) is 13.0 Å². The quantitative estimate of drug-likeness (QED) is 0.191. The zero-order chi connectivity index (χ0) is 29.4. The lowest BCUT2D eigenvalue weighted by molar-refractivity contribution is 0.0520. The average molecular weight is 548 g/mol. The number of ether oxygens (including phenoxy) is 3. The lowest BCUT2D eigenvalue weighted by Gasteiger charge is -2.19. The number of pyridine rings is 1. The Hall–Kier alpha value is -4.60. The number of nitrogens with two attached hydrogens (primary N) is 1. The minimum absolute atomic E-state index is 0.168. The zero-order valence-corrected chi connectivity index (χ0v) is 23.8. The van der Waals surface area contributed by atoms with Gasteiger partial charge in [-0.05, 0) is 76.1 Å². The van der Waals surface area contributed by atoms with Crippen LogP contribution in [0.5, 0.6) is 11.5 Å². The summed E-state index contributed by atoms with van der Waals surface area (Å²) in [6.45, 7) is 9.59. The highest BCUT2D eigenvalue weighted by Crippen LogP contribution is 2.28. The van der Waals surface area contributed by atoms with Crippen LogP contribution in [0.25, 0.3) is 11.3 Å². The van der Waals surface area contributed by atoms with E-state index in [-0.39, 0.29) is 19.1 Å². The SMILES string of the molecule is CCC(=N)c1ccc(-c2cc(NC(=O)c3cc(OC)cc(OCCNC(=O)OC(C)(C)C)c3)ccc2C)nc1N. The number of alkyl carbamates (subject to hydrolysis) is 1. The molecule has 1 aromatic heterocycles. The zero-order valence-electron chi connectivity index (χ0n) is 23.8. The first-order valence-electron chi connectivity index (χ1n) is 13.0. The van der Waals surface area contributed by atoms with Crippen LogP contribution in [0, 0.1) is 12.3 Å². The van der Waals surface area contributed by atoms with Crippen molar-refractivity contribution in [2.45, 2.75) is 46.6 Å². The number of benzene rings is 2. The number of aryl methyl sites for hydroxylation is 1. The van der Waals surface area contributed by atoms with E-state index < -0.39 is 11.7 Å². The highest BCUT2D eigenvalue weighted by atomic mass is 16.6. The second-order valence-electron chi connectivity index (χ2n) is 10.1. The number of anilines is 2. The molecule has 40 heavy (non-hydrogen) atoms. The van der Waals surface area contributed by atoms with Crippen molar-refractivity contribution in [3.8, 4) is 22.8 Å². The number of methoxy groups -OCH3 is 1. The molecule has 3 rings (SSSR count). The van der Waals surface area contributed by atoms with Gasteiger partial charge in [0.25, 0.3) is 5.91 Å². The Balaban J connectivity index is 1.72. The second-order valence-corrected chi connectivity index (χ2v) is 10.1. The number of nitrogen functional groups attached to an aromatic ring is 1. The third-order valence-corrected chi connectivity index (χ3v) is 5.79. The van der Waals surface area contributed by atoms with Crippen LogP contribution < -0.4 is 25.8 Å². The molecule has 0 spiro atoms. The van der Waals surface area contributed by atoms with E-state index >= 15 is 0 Å². The smallest absolute Gasteiger partial charge is 0.407 e. The lowest BCUT2D eigenvalue weighted by atomic mass is 10.0. The number of amides is 2. The monoisotopic (exact) mass is 547 g/mol. The number of hydrogen-bond donors (Lipinski definition) is 4. The maximum Gasteiger partial charge on any atom is 0.407 e. The molecule has 212 valence electrons. The number of aromatic nitrogens is 1. The number of rotatable bonds is 10. The molecule has 3 aromatic rings. The van der Waals surface area contributed by atoms with Gasteiger partial charge in [0.05, 0.1) is 19.3 Å². The molecule has 0 aliphatic carbocycles. The normalized spacial score (nSPS) is 10.9. The number of carbonyl (C=O) groups excluding carboxylic acids is 2. The summed E-state index contributed by atoms with van der Waals surface area (Å²) in [6.07, 6.45) is 0.0275. The Bertz CT molecular complexity index is 1400. The highest BCUT2D eigenvalue weighted by Gasteiger charge is 2.16. The van der Waals surface area contributed by atoms with E-state index in [0.717, 1.165) is 11.1 Å². The van der Waals surface area contributed by atoms with Crippen molar-refractivity contribution in [3.05, 3.63) is 65.2 Å². The van der Waals surface area contributed by atoms with E-state index in [1.807, 2.05) is 32.0 Å². The molecule has 0 bridgehead atoms. The molecular weight excluding hydrogens is 510 g/mol. The fourth-order valence-electron chi connectivity index (χ4n) is 3.79. The van der Waals surface area contributed by atoms with E-state index in [4.69, 9.17) is 25.4 Å². The molecule has 0 radical (unpaired) electrons. The van der Waals surface area contributed by atoms with Crippen LogP contribution >= 0.6 is 0 Å². The van der Waals surface area contributed by atoms with Gasteiger partial charge in [-0.2, -0.15) is 0 Å². The molecule has 0 atom stereocenters. The van der Waals surface area contributed by atoms with Crippen LogP contribution in [0.2, 0.25) is 0 Å². The third-order valence-electron chi connectivity index (χ3n) is 5.79. The number of nitrogens with one attached hydrogen (secondary N) is 3. The Morgan fingerprint density at radius 3 is 2.42 bits per heavy atom. The molecule has 5 N–H and O–H groups in total. The van der Waals surface area contributed by atoms with Gasteiger partial charge in [0.2, 0.25) is 0 Å². The molecule has 1 heterocycles. The predicted octanol–water partition coefficient (Wildman–Crippen LogP) is 5.58. The van der Waals surface area contributed by atoms with Gasteiger partial charge in [0.15, 0.2) is 0 Å². The molecule has 0 unspecified atom stereocenters. The maximum atomic E-state index is 13.2. The molecule has 10 nitrogen and oxygen atoms in total. The predicted molar refractivity (Wildman–Crippen MR) is 157 cm³/mol. The van der Waals surface area contributed by atoms with Crippen LogP contribution in [0.15, 0.2) is 48.5 Å². The van der Waals surface area contributed by atoms with Crippen molar-refractivity contribution in [1.82, 2.24) is 10.3 Å². The number of carbonyl (C=O) groups is 2.